The van der Waals surface area contributed by atoms with E-state index < -0.39 is 11.7 Å². The predicted molar refractivity (Wildman–Crippen MR) is 112 cm³/mol. The van der Waals surface area contributed by atoms with E-state index in [-0.39, 0.29) is 55.6 Å². The molecule has 10 heteroatoms. The molecule has 1 amide bonds. The van der Waals surface area contributed by atoms with Gasteiger partial charge in [0, 0.05) is 18.8 Å². The molecule has 1 heterocycles. The zero-order chi connectivity index (χ0) is 23.4. The Morgan fingerprint density at radius 3 is 2.61 bits per heavy atom. The fourth-order valence-electron chi connectivity index (χ4n) is 3.53. The summed E-state index contributed by atoms with van der Waals surface area (Å²) in [6.45, 7) is 0.429. The maximum atomic E-state index is 13.7. The van der Waals surface area contributed by atoms with Crippen LogP contribution in [0, 0.1) is 23.1 Å². The van der Waals surface area contributed by atoms with Gasteiger partial charge in [0.05, 0.1) is 31.3 Å². The minimum atomic E-state index is -2.56. The first-order chi connectivity index (χ1) is 15.8. The van der Waals surface area contributed by atoms with Crippen molar-refractivity contribution in [1.29, 1.82) is 5.26 Å². The molecule has 1 aliphatic carbocycles. The molecule has 0 spiro atoms. The highest BCUT2D eigenvalue weighted by Crippen LogP contribution is 2.42. The number of carbonyl (C=O) groups excluding carboxylic acids is 1. The molecule has 7 nitrogen and oxygen atoms in total. The first-order valence-corrected chi connectivity index (χ1v) is 10.3. The van der Waals surface area contributed by atoms with Gasteiger partial charge in [-0.25, -0.2) is 13.2 Å². The average Bonchev–Trinajstić information content (AvgIpc) is 3.18. The largest absolute Gasteiger partial charge is 0.493 e. The van der Waals surface area contributed by atoms with Crippen LogP contribution in [0.4, 0.5) is 19.0 Å². The number of rotatable bonds is 8. The Morgan fingerprint density at radius 2 is 1.94 bits per heavy atom. The number of hydrogen-bond acceptors (Lipinski definition) is 5. The van der Waals surface area contributed by atoms with E-state index in [4.69, 9.17) is 10.00 Å². The molecule has 1 aromatic heterocycles. The molecule has 0 radical (unpaired) electrons. The number of nitriles is 1. The normalized spacial score (nSPS) is 14.8. The van der Waals surface area contributed by atoms with Gasteiger partial charge in [-0.05, 0) is 35.4 Å². The lowest BCUT2D eigenvalue weighted by molar-refractivity contribution is -0.119. The summed E-state index contributed by atoms with van der Waals surface area (Å²) < 4.78 is 45.0. The number of halogens is 3. The Labute approximate surface area is 187 Å². The first-order valence-electron chi connectivity index (χ1n) is 10.3. The number of benzene rings is 2. The number of carbonyl (C=O) groups is 1. The monoisotopic (exact) mass is 455 g/mol. The van der Waals surface area contributed by atoms with Crippen molar-refractivity contribution in [2.75, 3.05) is 11.9 Å². The molecule has 0 aliphatic heterocycles. The molecule has 0 bridgehead atoms. The van der Waals surface area contributed by atoms with Crippen molar-refractivity contribution in [3.8, 4) is 11.8 Å². The van der Waals surface area contributed by atoms with Gasteiger partial charge < -0.3 is 10.1 Å². The molecule has 0 saturated heterocycles. The van der Waals surface area contributed by atoms with Gasteiger partial charge in [-0.15, -0.1) is 5.10 Å². The third kappa shape index (κ3) is 5.88. The Bertz CT molecular complexity index is 1180. The van der Waals surface area contributed by atoms with Crippen LogP contribution in [0.3, 0.4) is 0 Å². The standard InChI is InChI=1S/C23H20F3N5O2/c24-20-7-16(1-4-18(20)11-27)13-31-28-12-21(30-31)29-22(32)8-15-2-5-19(6-3-15)33-14-17-9-23(25,26)10-17/h1-7,12,17H,8-10,13-14H2,(H,29,30,32). The summed E-state index contributed by atoms with van der Waals surface area (Å²) in [5, 5.41) is 19.6. The zero-order valence-corrected chi connectivity index (χ0v) is 17.5. The molecular formula is C23H20F3N5O2. The van der Waals surface area contributed by atoms with Gasteiger partial charge in [0.1, 0.15) is 17.6 Å². The summed E-state index contributed by atoms with van der Waals surface area (Å²) in [5.41, 5.74) is 1.28. The number of aromatic nitrogens is 3. The van der Waals surface area contributed by atoms with Crippen LogP contribution in [-0.4, -0.2) is 33.4 Å². The van der Waals surface area contributed by atoms with Crippen LogP contribution in [-0.2, 0) is 17.8 Å². The van der Waals surface area contributed by atoms with Crippen LogP contribution in [0.5, 0.6) is 5.75 Å². The van der Waals surface area contributed by atoms with Crippen LogP contribution in [0.2, 0.25) is 0 Å². The minimum Gasteiger partial charge on any atom is -0.493 e. The number of hydrogen-bond donors (Lipinski definition) is 1. The molecule has 1 fully saturated rings. The maximum absolute atomic E-state index is 13.7. The quantitative estimate of drug-likeness (QED) is 0.555. The number of nitrogens with one attached hydrogen (secondary N) is 1. The second-order valence-electron chi connectivity index (χ2n) is 8.00. The molecule has 0 unspecified atom stereocenters. The van der Waals surface area contributed by atoms with Gasteiger partial charge in [0.2, 0.25) is 11.8 Å². The predicted octanol–water partition coefficient (Wildman–Crippen LogP) is 3.94. The average molecular weight is 455 g/mol. The van der Waals surface area contributed by atoms with E-state index in [1.54, 1.807) is 36.4 Å². The summed E-state index contributed by atoms with van der Waals surface area (Å²) in [6, 6.07) is 12.9. The Hall–Kier alpha value is -3.87. The van der Waals surface area contributed by atoms with Crippen LogP contribution in [0.25, 0.3) is 0 Å². The Kier molecular flexibility index (Phi) is 6.31. The topological polar surface area (TPSA) is 92.8 Å². The van der Waals surface area contributed by atoms with Gasteiger partial charge in [-0.1, -0.05) is 18.2 Å². The van der Waals surface area contributed by atoms with Crippen molar-refractivity contribution in [2.24, 2.45) is 5.92 Å². The number of amides is 1. The maximum Gasteiger partial charge on any atom is 0.248 e. The molecular weight excluding hydrogens is 435 g/mol. The fourth-order valence-corrected chi connectivity index (χ4v) is 3.53. The highest BCUT2D eigenvalue weighted by molar-refractivity contribution is 5.91. The number of anilines is 1. The van der Waals surface area contributed by atoms with E-state index in [0.29, 0.717) is 11.3 Å². The highest BCUT2D eigenvalue weighted by atomic mass is 19.3. The number of alkyl halides is 2. The molecule has 0 atom stereocenters. The van der Waals surface area contributed by atoms with Crippen LogP contribution in [0.15, 0.2) is 48.7 Å². The third-order valence-electron chi connectivity index (χ3n) is 5.23. The summed E-state index contributed by atoms with van der Waals surface area (Å²) >= 11 is 0. The summed E-state index contributed by atoms with van der Waals surface area (Å²) in [5.74, 6) is -2.77. The van der Waals surface area contributed by atoms with Crippen molar-refractivity contribution in [3.63, 3.8) is 0 Å². The van der Waals surface area contributed by atoms with Crippen LogP contribution < -0.4 is 10.1 Å². The SMILES string of the molecule is N#Cc1ccc(Cn2ncc(NC(=O)Cc3ccc(OCC4CC(F)(F)C4)cc3)n2)cc1F. The lowest BCUT2D eigenvalue weighted by Crippen LogP contribution is -2.38. The molecule has 1 N–H and O–H groups in total. The van der Waals surface area contributed by atoms with Crippen molar-refractivity contribution < 1.29 is 22.7 Å². The second kappa shape index (κ2) is 9.32. The van der Waals surface area contributed by atoms with E-state index in [0.717, 1.165) is 5.56 Å². The molecule has 2 aromatic carbocycles. The van der Waals surface area contributed by atoms with Crippen molar-refractivity contribution in [2.45, 2.75) is 31.7 Å². The second-order valence-corrected chi connectivity index (χ2v) is 8.00. The summed E-state index contributed by atoms with van der Waals surface area (Å²) in [4.78, 5) is 13.6. The Morgan fingerprint density at radius 1 is 1.21 bits per heavy atom. The van der Waals surface area contributed by atoms with E-state index in [2.05, 4.69) is 15.5 Å². The van der Waals surface area contributed by atoms with Crippen molar-refractivity contribution >= 4 is 11.7 Å². The lowest BCUT2D eigenvalue weighted by atomic mass is 9.82. The van der Waals surface area contributed by atoms with E-state index in [9.17, 15) is 18.0 Å². The number of nitrogens with zero attached hydrogens (tertiary/aromatic N) is 4. The third-order valence-corrected chi connectivity index (χ3v) is 5.23. The van der Waals surface area contributed by atoms with Crippen molar-refractivity contribution in [1.82, 2.24) is 15.0 Å². The first kappa shape index (κ1) is 22.3. The summed E-state index contributed by atoms with van der Waals surface area (Å²) in [7, 11) is 0. The van der Waals surface area contributed by atoms with E-state index in [1.807, 2.05) is 0 Å². The van der Waals surface area contributed by atoms with Gasteiger partial charge in [0.25, 0.3) is 0 Å². The van der Waals surface area contributed by atoms with Gasteiger partial charge in [0.15, 0.2) is 5.82 Å². The Balaban J connectivity index is 1.25. The molecule has 33 heavy (non-hydrogen) atoms. The highest BCUT2D eigenvalue weighted by Gasteiger charge is 2.45. The van der Waals surface area contributed by atoms with Crippen LogP contribution in [0.1, 0.15) is 29.5 Å². The zero-order valence-electron chi connectivity index (χ0n) is 17.5. The lowest BCUT2D eigenvalue weighted by Gasteiger charge is -2.34. The number of ether oxygens (including phenoxy) is 1. The van der Waals surface area contributed by atoms with Crippen LogP contribution >= 0.6 is 0 Å². The smallest absolute Gasteiger partial charge is 0.248 e. The summed E-state index contributed by atoms with van der Waals surface area (Å²) in [6.07, 6.45) is 1.21. The fraction of sp³-hybridized carbons (Fsp3) is 0.304. The van der Waals surface area contributed by atoms with E-state index >= 15 is 0 Å². The molecule has 1 aliphatic rings. The van der Waals surface area contributed by atoms with Gasteiger partial charge >= 0.3 is 0 Å². The van der Waals surface area contributed by atoms with Gasteiger partial charge in [-0.3, -0.25) is 4.79 Å². The van der Waals surface area contributed by atoms with Gasteiger partial charge in [-0.2, -0.15) is 15.2 Å². The minimum absolute atomic E-state index is 0.0391. The molecule has 4 rings (SSSR count). The van der Waals surface area contributed by atoms with E-state index in [1.165, 1.54) is 23.1 Å². The molecule has 170 valence electrons. The molecule has 1 saturated carbocycles. The molecule has 3 aromatic rings. The van der Waals surface area contributed by atoms with Crippen molar-refractivity contribution in [3.05, 3.63) is 71.2 Å².